The van der Waals surface area contributed by atoms with Crippen LogP contribution in [0.15, 0.2) is 36.4 Å². The Morgan fingerprint density at radius 2 is 1.95 bits per heavy atom. The van der Waals surface area contributed by atoms with Gasteiger partial charge in [0.1, 0.15) is 16.7 Å². The highest BCUT2D eigenvalue weighted by Gasteiger charge is 2.31. The Morgan fingerprint density at radius 3 is 2.60 bits per heavy atom. The second-order valence-electron chi connectivity index (χ2n) is 3.81. The summed E-state index contributed by atoms with van der Waals surface area (Å²) >= 11 is 5.73. The van der Waals surface area contributed by atoms with E-state index in [2.05, 4.69) is 15.0 Å². The van der Waals surface area contributed by atoms with Gasteiger partial charge in [-0.15, -0.1) is 13.2 Å². The van der Waals surface area contributed by atoms with Gasteiger partial charge in [-0.2, -0.15) is 0 Å². The summed E-state index contributed by atoms with van der Waals surface area (Å²) in [4.78, 5) is 3.94. The van der Waals surface area contributed by atoms with Crippen molar-refractivity contribution in [3.63, 3.8) is 0 Å². The average Bonchev–Trinajstić information content (AvgIpc) is 2.25. The van der Waals surface area contributed by atoms with Crippen LogP contribution in [0.1, 0.15) is 0 Å². The van der Waals surface area contributed by atoms with Crippen LogP contribution in [0.25, 0.3) is 0 Å². The zero-order valence-corrected chi connectivity index (χ0v) is 10.7. The molecule has 0 fully saturated rings. The van der Waals surface area contributed by atoms with E-state index in [4.69, 9.17) is 17.3 Å². The maximum absolute atomic E-state index is 12.1. The number of hydrogen-bond donors (Lipinski definition) is 2. The SMILES string of the molecule is Nc1cc(Cl)nc(Nc2cccc(OC(F)(F)F)c2)c1. The molecule has 106 valence electrons. The van der Waals surface area contributed by atoms with Gasteiger partial charge in [-0.3, -0.25) is 0 Å². The van der Waals surface area contributed by atoms with Crippen LogP contribution in [0.5, 0.6) is 5.75 Å². The lowest BCUT2D eigenvalue weighted by Crippen LogP contribution is -2.17. The van der Waals surface area contributed by atoms with Crippen molar-refractivity contribution in [2.75, 3.05) is 11.1 Å². The summed E-state index contributed by atoms with van der Waals surface area (Å²) in [6.45, 7) is 0. The number of nitrogens with zero attached hydrogens (tertiary/aromatic N) is 1. The lowest BCUT2D eigenvalue weighted by molar-refractivity contribution is -0.274. The molecule has 0 aliphatic carbocycles. The third-order valence-corrected chi connectivity index (χ3v) is 2.35. The van der Waals surface area contributed by atoms with Gasteiger partial charge in [0.15, 0.2) is 0 Å². The van der Waals surface area contributed by atoms with E-state index in [1.165, 1.54) is 30.3 Å². The Labute approximate surface area is 117 Å². The van der Waals surface area contributed by atoms with Crippen LogP contribution in [0.4, 0.5) is 30.4 Å². The normalized spacial score (nSPS) is 11.2. The van der Waals surface area contributed by atoms with E-state index in [1.54, 1.807) is 6.07 Å². The predicted molar refractivity (Wildman–Crippen MR) is 70.1 cm³/mol. The van der Waals surface area contributed by atoms with Crippen molar-refractivity contribution >= 4 is 28.8 Å². The number of rotatable bonds is 3. The molecule has 1 aromatic heterocycles. The minimum atomic E-state index is -4.74. The number of nitrogens with one attached hydrogen (secondary N) is 1. The van der Waals surface area contributed by atoms with E-state index in [-0.39, 0.29) is 10.9 Å². The molecule has 3 N–H and O–H groups in total. The first-order valence-electron chi connectivity index (χ1n) is 5.38. The van der Waals surface area contributed by atoms with Gasteiger partial charge in [0.25, 0.3) is 0 Å². The third kappa shape index (κ3) is 4.20. The van der Waals surface area contributed by atoms with E-state index in [0.717, 1.165) is 0 Å². The van der Waals surface area contributed by atoms with Crippen molar-refractivity contribution in [1.82, 2.24) is 4.98 Å². The summed E-state index contributed by atoms with van der Waals surface area (Å²) in [6, 6.07) is 8.31. The molecule has 0 saturated carbocycles. The fraction of sp³-hybridized carbons (Fsp3) is 0.0833. The smallest absolute Gasteiger partial charge is 0.406 e. The molecular formula is C12H9ClF3N3O. The van der Waals surface area contributed by atoms with E-state index >= 15 is 0 Å². The molecule has 1 aromatic carbocycles. The molecule has 0 saturated heterocycles. The largest absolute Gasteiger partial charge is 0.573 e. The molecule has 0 atom stereocenters. The zero-order valence-electron chi connectivity index (χ0n) is 9.91. The Hall–Kier alpha value is -2.15. The number of halogens is 4. The number of nitrogens with two attached hydrogens (primary N) is 1. The molecular weight excluding hydrogens is 295 g/mol. The number of pyridine rings is 1. The maximum Gasteiger partial charge on any atom is 0.573 e. The minimum Gasteiger partial charge on any atom is -0.406 e. The van der Waals surface area contributed by atoms with Crippen LogP contribution in [0.3, 0.4) is 0 Å². The standard InChI is InChI=1S/C12H9ClF3N3O/c13-10-4-7(17)5-11(19-10)18-8-2-1-3-9(6-8)20-12(14,15)16/h1-6H,(H3,17,18,19). The predicted octanol–water partition coefficient (Wildman–Crippen LogP) is 3.96. The lowest BCUT2D eigenvalue weighted by Gasteiger charge is -2.11. The highest BCUT2D eigenvalue weighted by Crippen LogP contribution is 2.27. The zero-order chi connectivity index (χ0) is 14.8. The minimum absolute atomic E-state index is 0.176. The second-order valence-corrected chi connectivity index (χ2v) is 4.20. The monoisotopic (exact) mass is 303 g/mol. The van der Waals surface area contributed by atoms with Crippen LogP contribution in [-0.4, -0.2) is 11.3 Å². The first-order chi connectivity index (χ1) is 9.32. The lowest BCUT2D eigenvalue weighted by atomic mass is 10.3. The number of nitrogen functional groups attached to an aromatic ring is 1. The number of ether oxygens (including phenoxy) is 1. The van der Waals surface area contributed by atoms with Crippen molar-refractivity contribution < 1.29 is 17.9 Å². The quantitative estimate of drug-likeness (QED) is 0.843. The average molecular weight is 304 g/mol. The first-order valence-corrected chi connectivity index (χ1v) is 5.75. The Kier molecular flexibility index (Phi) is 3.89. The third-order valence-electron chi connectivity index (χ3n) is 2.16. The van der Waals surface area contributed by atoms with Gasteiger partial charge >= 0.3 is 6.36 Å². The Balaban J connectivity index is 2.19. The Bertz CT molecular complexity index is 599. The van der Waals surface area contributed by atoms with Gasteiger partial charge in [0.2, 0.25) is 0 Å². The molecule has 0 unspecified atom stereocenters. The summed E-state index contributed by atoms with van der Waals surface area (Å²) in [5, 5.41) is 2.96. The first kappa shape index (κ1) is 14.3. The van der Waals surface area contributed by atoms with Crippen LogP contribution in [0.2, 0.25) is 5.15 Å². The summed E-state index contributed by atoms with van der Waals surface area (Å²) in [6.07, 6.45) is -4.74. The van der Waals surface area contributed by atoms with Crippen molar-refractivity contribution in [1.29, 1.82) is 0 Å². The highest BCUT2D eigenvalue weighted by molar-refractivity contribution is 6.29. The van der Waals surface area contributed by atoms with Crippen molar-refractivity contribution in [3.8, 4) is 5.75 Å². The fourth-order valence-corrected chi connectivity index (χ4v) is 1.72. The summed E-state index contributed by atoms with van der Waals surface area (Å²) in [7, 11) is 0. The van der Waals surface area contributed by atoms with Crippen LogP contribution in [-0.2, 0) is 0 Å². The molecule has 2 rings (SSSR count). The molecule has 0 radical (unpaired) electrons. The molecule has 4 nitrogen and oxygen atoms in total. The molecule has 0 bridgehead atoms. The van der Waals surface area contributed by atoms with Gasteiger partial charge in [0, 0.05) is 23.5 Å². The topological polar surface area (TPSA) is 60.2 Å². The van der Waals surface area contributed by atoms with E-state index in [1.807, 2.05) is 0 Å². The van der Waals surface area contributed by atoms with Crippen LogP contribution >= 0.6 is 11.6 Å². The molecule has 2 aromatic rings. The summed E-state index contributed by atoms with van der Waals surface area (Å²) in [5.74, 6) is -0.0170. The van der Waals surface area contributed by atoms with Gasteiger partial charge < -0.3 is 15.8 Å². The van der Waals surface area contributed by atoms with Gasteiger partial charge in [-0.05, 0) is 18.2 Å². The number of alkyl halides is 3. The van der Waals surface area contributed by atoms with Crippen molar-refractivity contribution in [2.45, 2.75) is 6.36 Å². The van der Waals surface area contributed by atoms with Crippen LogP contribution in [0, 0.1) is 0 Å². The molecule has 20 heavy (non-hydrogen) atoms. The second kappa shape index (κ2) is 5.46. The molecule has 0 amide bonds. The highest BCUT2D eigenvalue weighted by atomic mass is 35.5. The van der Waals surface area contributed by atoms with Gasteiger partial charge in [0.05, 0.1) is 0 Å². The molecule has 0 aliphatic rings. The van der Waals surface area contributed by atoms with Crippen molar-refractivity contribution in [3.05, 3.63) is 41.6 Å². The van der Waals surface area contributed by atoms with E-state index < -0.39 is 6.36 Å². The van der Waals surface area contributed by atoms with Gasteiger partial charge in [-0.25, -0.2) is 4.98 Å². The number of benzene rings is 1. The van der Waals surface area contributed by atoms with Crippen LogP contribution < -0.4 is 15.8 Å². The summed E-state index contributed by atoms with van der Waals surface area (Å²) < 4.78 is 40.2. The molecule has 0 spiro atoms. The van der Waals surface area contributed by atoms with Crippen molar-refractivity contribution in [2.24, 2.45) is 0 Å². The van der Waals surface area contributed by atoms with E-state index in [9.17, 15) is 13.2 Å². The number of aromatic nitrogens is 1. The van der Waals surface area contributed by atoms with E-state index in [0.29, 0.717) is 17.2 Å². The number of hydrogen-bond acceptors (Lipinski definition) is 4. The van der Waals surface area contributed by atoms with Gasteiger partial charge in [-0.1, -0.05) is 17.7 Å². The maximum atomic E-state index is 12.1. The summed E-state index contributed by atoms with van der Waals surface area (Å²) in [5.41, 5.74) is 6.33. The molecule has 0 aliphatic heterocycles. The molecule has 1 heterocycles. The molecule has 8 heteroatoms. The fourth-order valence-electron chi connectivity index (χ4n) is 1.50. The number of anilines is 3. The Morgan fingerprint density at radius 1 is 1.20 bits per heavy atom.